The number of hydrogen-bond donors (Lipinski definition) is 2. The predicted octanol–water partition coefficient (Wildman–Crippen LogP) is 1.95. The van der Waals surface area contributed by atoms with E-state index in [1.165, 1.54) is 6.33 Å². The Morgan fingerprint density at radius 1 is 1.24 bits per heavy atom. The molecule has 0 bridgehead atoms. The van der Waals surface area contributed by atoms with Gasteiger partial charge < -0.3 is 15.8 Å². The first-order chi connectivity index (χ1) is 8.28. The van der Waals surface area contributed by atoms with Gasteiger partial charge in [-0.1, -0.05) is 12.1 Å². The number of methoxy groups -OCH3 is 1. The lowest BCUT2D eigenvalue weighted by molar-refractivity contribution is 0.185. The Morgan fingerprint density at radius 3 is 2.65 bits per heavy atom. The Bertz CT molecular complexity index is 484. The summed E-state index contributed by atoms with van der Waals surface area (Å²) in [5, 5.41) is 3.14. The van der Waals surface area contributed by atoms with Crippen molar-refractivity contribution < 1.29 is 4.74 Å². The van der Waals surface area contributed by atoms with Gasteiger partial charge in [0.15, 0.2) is 0 Å². The third-order valence-corrected chi connectivity index (χ3v) is 2.23. The molecule has 0 amide bonds. The zero-order valence-corrected chi connectivity index (χ0v) is 9.55. The van der Waals surface area contributed by atoms with E-state index < -0.39 is 0 Å². The third-order valence-electron chi connectivity index (χ3n) is 2.23. The highest BCUT2D eigenvalue weighted by molar-refractivity contribution is 5.58. The van der Waals surface area contributed by atoms with Crippen LogP contribution in [0.5, 0.6) is 0 Å². The molecule has 0 aliphatic heterocycles. The molecule has 1 aromatic carbocycles. The van der Waals surface area contributed by atoms with Crippen molar-refractivity contribution in [2.75, 3.05) is 18.2 Å². The normalized spacial score (nSPS) is 10.2. The van der Waals surface area contributed by atoms with Crippen LogP contribution in [0.25, 0.3) is 0 Å². The summed E-state index contributed by atoms with van der Waals surface area (Å²) in [5.74, 6) is 1.12. The minimum absolute atomic E-state index is 0.443. The lowest BCUT2D eigenvalue weighted by atomic mass is 10.2. The van der Waals surface area contributed by atoms with Crippen LogP contribution in [-0.4, -0.2) is 17.1 Å². The molecule has 5 heteroatoms. The van der Waals surface area contributed by atoms with Crippen LogP contribution < -0.4 is 11.1 Å². The molecular weight excluding hydrogens is 216 g/mol. The van der Waals surface area contributed by atoms with Gasteiger partial charge in [0.25, 0.3) is 0 Å². The summed E-state index contributed by atoms with van der Waals surface area (Å²) >= 11 is 0. The molecule has 0 saturated carbocycles. The van der Waals surface area contributed by atoms with Crippen molar-refractivity contribution >= 4 is 17.3 Å². The quantitative estimate of drug-likeness (QED) is 0.839. The van der Waals surface area contributed by atoms with Gasteiger partial charge in [0, 0.05) is 18.9 Å². The van der Waals surface area contributed by atoms with Crippen LogP contribution in [0.2, 0.25) is 0 Å². The van der Waals surface area contributed by atoms with Gasteiger partial charge in [-0.05, 0) is 17.7 Å². The van der Waals surface area contributed by atoms with Crippen molar-refractivity contribution in [3.8, 4) is 0 Å². The van der Waals surface area contributed by atoms with Gasteiger partial charge in [-0.15, -0.1) is 0 Å². The fourth-order valence-electron chi connectivity index (χ4n) is 1.44. The zero-order valence-electron chi connectivity index (χ0n) is 9.55. The van der Waals surface area contributed by atoms with Gasteiger partial charge in [0.05, 0.1) is 6.61 Å². The molecule has 0 saturated heterocycles. The van der Waals surface area contributed by atoms with E-state index in [2.05, 4.69) is 15.3 Å². The van der Waals surface area contributed by atoms with E-state index in [1.54, 1.807) is 13.2 Å². The number of aromatic nitrogens is 2. The van der Waals surface area contributed by atoms with Gasteiger partial charge >= 0.3 is 0 Å². The molecule has 0 unspecified atom stereocenters. The van der Waals surface area contributed by atoms with Crippen molar-refractivity contribution in [3.05, 3.63) is 42.2 Å². The highest BCUT2D eigenvalue weighted by Crippen LogP contribution is 2.16. The van der Waals surface area contributed by atoms with Gasteiger partial charge in [-0.25, -0.2) is 9.97 Å². The van der Waals surface area contributed by atoms with Gasteiger partial charge in [0.2, 0.25) is 0 Å². The Morgan fingerprint density at radius 2 is 2.00 bits per heavy atom. The second-order valence-corrected chi connectivity index (χ2v) is 3.58. The monoisotopic (exact) mass is 230 g/mol. The summed E-state index contributed by atoms with van der Waals surface area (Å²) in [4.78, 5) is 7.90. The minimum Gasteiger partial charge on any atom is -0.384 e. The molecule has 88 valence electrons. The summed E-state index contributed by atoms with van der Waals surface area (Å²) < 4.78 is 5.04. The number of nitrogens with zero attached hydrogens (tertiary/aromatic N) is 2. The van der Waals surface area contributed by atoms with Gasteiger partial charge in [-0.3, -0.25) is 0 Å². The van der Waals surface area contributed by atoms with E-state index in [-0.39, 0.29) is 0 Å². The molecule has 1 aromatic heterocycles. The summed E-state index contributed by atoms with van der Waals surface area (Å²) in [5.41, 5.74) is 7.64. The Balaban J connectivity index is 2.08. The molecule has 0 atom stereocenters. The second-order valence-electron chi connectivity index (χ2n) is 3.58. The molecular formula is C12H14N4O. The van der Waals surface area contributed by atoms with Crippen molar-refractivity contribution in [1.29, 1.82) is 0 Å². The molecule has 0 fully saturated rings. The first-order valence-corrected chi connectivity index (χ1v) is 5.20. The predicted molar refractivity (Wildman–Crippen MR) is 66.9 cm³/mol. The van der Waals surface area contributed by atoms with Crippen molar-refractivity contribution in [2.45, 2.75) is 6.61 Å². The molecule has 0 radical (unpaired) electrons. The summed E-state index contributed by atoms with van der Waals surface area (Å²) in [6, 6.07) is 9.61. The number of ether oxygens (including phenoxy) is 1. The first kappa shape index (κ1) is 11.3. The lowest BCUT2D eigenvalue weighted by Gasteiger charge is -2.06. The molecule has 2 rings (SSSR count). The maximum Gasteiger partial charge on any atom is 0.135 e. The van der Waals surface area contributed by atoms with Crippen LogP contribution >= 0.6 is 0 Å². The van der Waals surface area contributed by atoms with E-state index >= 15 is 0 Å². The average Bonchev–Trinajstić information content (AvgIpc) is 2.32. The highest BCUT2D eigenvalue weighted by atomic mass is 16.5. The summed E-state index contributed by atoms with van der Waals surface area (Å²) in [6.45, 7) is 0.612. The molecule has 0 spiro atoms. The SMILES string of the molecule is COCc1ccc(Nc2cc(N)ncn2)cc1. The fourth-order valence-corrected chi connectivity index (χ4v) is 1.44. The first-order valence-electron chi connectivity index (χ1n) is 5.20. The van der Waals surface area contributed by atoms with E-state index in [0.29, 0.717) is 18.2 Å². The van der Waals surface area contributed by atoms with Crippen LogP contribution in [0.3, 0.4) is 0 Å². The molecule has 1 heterocycles. The van der Waals surface area contributed by atoms with Crippen LogP contribution in [0.15, 0.2) is 36.7 Å². The molecule has 17 heavy (non-hydrogen) atoms. The van der Waals surface area contributed by atoms with Crippen LogP contribution in [0.4, 0.5) is 17.3 Å². The van der Waals surface area contributed by atoms with Crippen LogP contribution in [0, 0.1) is 0 Å². The van der Waals surface area contributed by atoms with E-state index in [4.69, 9.17) is 10.5 Å². The molecule has 2 aromatic rings. The van der Waals surface area contributed by atoms with Crippen LogP contribution in [-0.2, 0) is 11.3 Å². The highest BCUT2D eigenvalue weighted by Gasteiger charge is 1.97. The lowest BCUT2D eigenvalue weighted by Crippen LogP contribution is -1.97. The van der Waals surface area contributed by atoms with E-state index in [1.807, 2.05) is 24.3 Å². The number of rotatable bonds is 4. The number of benzene rings is 1. The fraction of sp³-hybridized carbons (Fsp3) is 0.167. The number of nitrogen functional groups attached to an aromatic ring is 1. The Labute approximate surface area is 99.7 Å². The largest absolute Gasteiger partial charge is 0.384 e. The number of hydrogen-bond acceptors (Lipinski definition) is 5. The van der Waals surface area contributed by atoms with Crippen LogP contribution in [0.1, 0.15) is 5.56 Å². The number of nitrogens with two attached hydrogens (primary N) is 1. The molecule has 5 nitrogen and oxygen atoms in total. The third kappa shape index (κ3) is 3.15. The Hall–Kier alpha value is -2.14. The minimum atomic E-state index is 0.443. The van der Waals surface area contributed by atoms with Crippen molar-refractivity contribution in [3.63, 3.8) is 0 Å². The summed E-state index contributed by atoms with van der Waals surface area (Å²) in [7, 11) is 1.68. The standard InChI is InChI=1S/C12H14N4O/c1-17-7-9-2-4-10(5-3-9)16-12-6-11(13)14-8-15-12/h2-6,8H,7H2,1H3,(H3,13,14,15,16). The van der Waals surface area contributed by atoms with E-state index in [0.717, 1.165) is 11.3 Å². The van der Waals surface area contributed by atoms with Gasteiger partial charge in [-0.2, -0.15) is 0 Å². The Kier molecular flexibility index (Phi) is 3.52. The maximum atomic E-state index is 5.57. The molecule has 3 N–H and O–H groups in total. The maximum absolute atomic E-state index is 5.57. The topological polar surface area (TPSA) is 73.1 Å². The van der Waals surface area contributed by atoms with Crippen molar-refractivity contribution in [2.24, 2.45) is 0 Å². The van der Waals surface area contributed by atoms with E-state index in [9.17, 15) is 0 Å². The molecule has 0 aliphatic carbocycles. The smallest absolute Gasteiger partial charge is 0.135 e. The van der Waals surface area contributed by atoms with Gasteiger partial charge in [0.1, 0.15) is 18.0 Å². The zero-order chi connectivity index (χ0) is 12.1. The summed E-state index contributed by atoms with van der Waals surface area (Å²) in [6.07, 6.45) is 1.43. The van der Waals surface area contributed by atoms with Crippen molar-refractivity contribution in [1.82, 2.24) is 9.97 Å². The molecule has 0 aliphatic rings. The average molecular weight is 230 g/mol. The number of nitrogens with one attached hydrogen (secondary N) is 1. The number of anilines is 3. The second kappa shape index (κ2) is 5.27.